The average molecular weight is 377 g/mol. The van der Waals surface area contributed by atoms with Crippen LogP contribution in [0.5, 0.6) is 11.5 Å². The first-order chi connectivity index (χ1) is 12.5. The van der Waals surface area contributed by atoms with Crippen molar-refractivity contribution in [2.24, 2.45) is 0 Å². The van der Waals surface area contributed by atoms with E-state index in [4.69, 9.17) is 21.1 Å². The van der Waals surface area contributed by atoms with Crippen LogP contribution in [0.25, 0.3) is 0 Å². The molecule has 0 saturated carbocycles. The molecule has 0 unspecified atom stereocenters. The lowest BCUT2D eigenvalue weighted by Gasteiger charge is -2.12. The number of rotatable bonds is 8. The van der Waals surface area contributed by atoms with Crippen LogP contribution in [-0.4, -0.2) is 32.6 Å². The molecule has 0 radical (unpaired) electrons. The Balaban J connectivity index is 1.89. The molecule has 0 bridgehead atoms. The fourth-order valence-corrected chi connectivity index (χ4v) is 2.46. The summed E-state index contributed by atoms with van der Waals surface area (Å²) in [5.41, 5.74) is 0.773. The minimum Gasteiger partial charge on any atom is -0.497 e. The van der Waals surface area contributed by atoms with Crippen molar-refractivity contribution >= 4 is 29.1 Å². The first kappa shape index (κ1) is 19.6. The van der Waals surface area contributed by atoms with Gasteiger partial charge in [-0.15, -0.1) is 0 Å². The number of benzene rings is 2. The fraction of sp³-hybridized carbons (Fsp3) is 0.263. The van der Waals surface area contributed by atoms with E-state index in [0.29, 0.717) is 40.8 Å². The number of hydrogen-bond donors (Lipinski definition) is 2. The number of amides is 2. The van der Waals surface area contributed by atoms with E-state index >= 15 is 0 Å². The second-order valence-corrected chi connectivity index (χ2v) is 5.83. The van der Waals surface area contributed by atoms with Gasteiger partial charge >= 0.3 is 0 Å². The molecule has 0 aromatic heterocycles. The molecule has 0 fully saturated rings. The lowest BCUT2D eigenvalue weighted by molar-refractivity contribution is -0.116. The van der Waals surface area contributed by atoms with Crippen LogP contribution in [-0.2, 0) is 4.79 Å². The molecule has 0 atom stereocenters. The van der Waals surface area contributed by atoms with Gasteiger partial charge in [0, 0.05) is 13.5 Å². The van der Waals surface area contributed by atoms with E-state index in [-0.39, 0.29) is 18.2 Å². The first-order valence-corrected chi connectivity index (χ1v) is 8.50. The van der Waals surface area contributed by atoms with Crippen LogP contribution in [0.2, 0.25) is 5.02 Å². The van der Waals surface area contributed by atoms with Crippen LogP contribution in [0.4, 0.5) is 5.69 Å². The van der Waals surface area contributed by atoms with E-state index in [1.165, 1.54) is 14.2 Å². The molecule has 138 valence electrons. The highest BCUT2D eigenvalue weighted by Gasteiger charge is 2.14. The second-order valence-electron chi connectivity index (χ2n) is 5.42. The van der Waals surface area contributed by atoms with Crippen molar-refractivity contribution in [2.45, 2.75) is 12.8 Å². The summed E-state index contributed by atoms with van der Waals surface area (Å²) in [6, 6.07) is 12.1. The van der Waals surface area contributed by atoms with Gasteiger partial charge in [0.05, 0.1) is 30.0 Å². The summed E-state index contributed by atoms with van der Waals surface area (Å²) >= 11 is 6.01. The number of hydrogen-bond acceptors (Lipinski definition) is 4. The summed E-state index contributed by atoms with van der Waals surface area (Å²) in [7, 11) is 3.04. The molecule has 2 rings (SSSR count). The predicted molar refractivity (Wildman–Crippen MR) is 101 cm³/mol. The van der Waals surface area contributed by atoms with Crippen molar-refractivity contribution in [1.82, 2.24) is 5.32 Å². The molecule has 6 nitrogen and oxygen atoms in total. The van der Waals surface area contributed by atoms with Gasteiger partial charge < -0.3 is 20.1 Å². The number of nitrogens with one attached hydrogen (secondary N) is 2. The van der Waals surface area contributed by atoms with E-state index in [1.807, 2.05) is 12.1 Å². The Morgan fingerprint density at radius 2 is 1.92 bits per heavy atom. The van der Waals surface area contributed by atoms with Gasteiger partial charge in [0.1, 0.15) is 11.5 Å². The second kappa shape index (κ2) is 9.68. The summed E-state index contributed by atoms with van der Waals surface area (Å²) in [5, 5.41) is 5.83. The number of halogens is 1. The van der Waals surface area contributed by atoms with Crippen LogP contribution in [0.3, 0.4) is 0 Å². The topological polar surface area (TPSA) is 76.7 Å². The number of carbonyl (C=O) groups excluding carboxylic acids is 2. The third-order valence-corrected chi connectivity index (χ3v) is 3.93. The van der Waals surface area contributed by atoms with E-state index in [2.05, 4.69) is 10.6 Å². The van der Waals surface area contributed by atoms with Gasteiger partial charge in [-0.3, -0.25) is 9.59 Å². The Morgan fingerprint density at radius 1 is 1.15 bits per heavy atom. The van der Waals surface area contributed by atoms with Crippen molar-refractivity contribution in [3.8, 4) is 11.5 Å². The molecule has 0 spiro atoms. The fourth-order valence-electron chi connectivity index (χ4n) is 2.27. The maximum absolute atomic E-state index is 12.2. The number of para-hydroxylation sites is 1. The Kier molecular flexibility index (Phi) is 7.29. The molecular formula is C19H21ClN2O4. The summed E-state index contributed by atoms with van der Waals surface area (Å²) in [6.45, 7) is 0.363. The van der Waals surface area contributed by atoms with Crippen LogP contribution in [0, 0.1) is 0 Å². The van der Waals surface area contributed by atoms with Crippen molar-refractivity contribution in [2.75, 3.05) is 26.1 Å². The highest BCUT2D eigenvalue weighted by atomic mass is 35.5. The molecule has 7 heteroatoms. The van der Waals surface area contributed by atoms with Crippen LogP contribution < -0.4 is 20.1 Å². The maximum atomic E-state index is 12.2. The van der Waals surface area contributed by atoms with Gasteiger partial charge in [-0.2, -0.15) is 0 Å². The summed E-state index contributed by atoms with van der Waals surface area (Å²) in [6.07, 6.45) is 0.770. The zero-order chi connectivity index (χ0) is 18.9. The largest absolute Gasteiger partial charge is 0.497 e. The standard InChI is InChI=1S/C19H21ClN2O4/c1-21-19(24)14-12-13(25-2)9-10-16(14)22-18(23)8-5-11-26-17-7-4-3-6-15(17)20/h3-4,6-7,9-10,12H,5,8,11H2,1-2H3,(H,21,24)(H,22,23). The predicted octanol–water partition coefficient (Wildman–Crippen LogP) is 3.51. The van der Waals surface area contributed by atoms with Gasteiger partial charge in [0.2, 0.25) is 5.91 Å². The number of methoxy groups -OCH3 is 1. The molecule has 0 aliphatic carbocycles. The van der Waals surface area contributed by atoms with Gasteiger partial charge in [-0.1, -0.05) is 23.7 Å². The van der Waals surface area contributed by atoms with Crippen LogP contribution >= 0.6 is 11.6 Å². The first-order valence-electron chi connectivity index (χ1n) is 8.12. The highest BCUT2D eigenvalue weighted by molar-refractivity contribution is 6.32. The van der Waals surface area contributed by atoms with Crippen LogP contribution in [0.1, 0.15) is 23.2 Å². The Bertz CT molecular complexity index is 780. The summed E-state index contributed by atoms with van der Waals surface area (Å²) < 4.78 is 10.7. The number of anilines is 1. The van der Waals surface area contributed by atoms with Gasteiger partial charge in [-0.25, -0.2) is 0 Å². The molecule has 2 aromatic carbocycles. The zero-order valence-corrected chi connectivity index (χ0v) is 15.4. The molecule has 2 aromatic rings. The van der Waals surface area contributed by atoms with E-state index in [9.17, 15) is 9.59 Å². The minimum absolute atomic E-state index is 0.205. The zero-order valence-electron chi connectivity index (χ0n) is 14.7. The van der Waals surface area contributed by atoms with Gasteiger partial charge in [-0.05, 0) is 36.8 Å². The van der Waals surface area contributed by atoms with Gasteiger partial charge in [0.15, 0.2) is 0 Å². The maximum Gasteiger partial charge on any atom is 0.253 e. The SMILES string of the molecule is CNC(=O)c1cc(OC)ccc1NC(=O)CCCOc1ccccc1Cl. The smallest absolute Gasteiger partial charge is 0.253 e. The van der Waals surface area contributed by atoms with E-state index in [1.54, 1.807) is 30.3 Å². The normalized spacial score (nSPS) is 10.1. The Morgan fingerprint density at radius 3 is 2.62 bits per heavy atom. The number of ether oxygens (including phenoxy) is 2. The quantitative estimate of drug-likeness (QED) is 0.691. The molecule has 0 aliphatic heterocycles. The van der Waals surface area contributed by atoms with Crippen LogP contribution in [0.15, 0.2) is 42.5 Å². The molecular weight excluding hydrogens is 356 g/mol. The lowest BCUT2D eigenvalue weighted by Crippen LogP contribution is -2.21. The minimum atomic E-state index is -0.304. The van der Waals surface area contributed by atoms with Gasteiger partial charge in [0.25, 0.3) is 5.91 Å². The molecule has 26 heavy (non-hydrogen) atoms. The number of carbonyl (C=O) groups is 2. The summed E-state index contributed by atoms with van der Waals surface area (Å²) in [5.74, 6) is 0.616. The molecule has 0 aliphatic rings. The van der Waals surface area contributed by atoms with E-state index < -0.39 is 0 Å². The van der Waals surface area contributed by atoms with Crippen molar-refractivity contribution in [3.63, 3.8) is 0 Å². The lowest BCUT2D eigenvalue weighted by atomic mass is 10.1. The molecule has 0 saturated heterocycles. The third kappa shape index (κ3) is 5.39. The molecule has 0 heterocycles. The highest BCUT2D eigenvalue weighted by Crippen LogP contribution is 2.24. The Hall–Kier alpha value is -2.73. The third-order valence-electron chi connectivity index (χ3n) is 3.61. The van der Waals surface area contributed by atoms with Crippen molar-refractivity contribution in [1.29, 1.82) is 0 Å². The molecule has 2 amide bonds. The average Bonchev–Trinajstić information content (AvgIpc) is 2.66. The summed E-state index contributed by atoms with van der Waals surface area (Å²) in [4.78, 5) is 24.1. The molecule has 2 N–H and O–H groups in total. The van der Waals surface area contributed by atoms with Crippen molar-refractivity contribution in [3.05, 3.63) is 53.1 Å². The van der Waals surface area contributed by atoms with E-state index in [0.717, 1.165) is 0 Å². The van der Waals surface area contributed by atoms with Crippen molar-refractivity contribution < 1.29 is 19.1 Å². The monoisotopic (exact) mass is 376 g/mol. The Labute approximate surface area is 157 Å².